The van der Waals surface area contributed by atoms with Crippen molar-refractivity contribution in [2.75, 3.05) is 23.7 Å². The van der Waals surface area contributed by atoms with Gasteiger partial charge in [-0.15, -0.1) is 0 Å². The molecule has 0 unspecified atom stereocenters. The highest BCUT2D eigenvalue weighted by Gasteiger charge is 2.17. The molecule has 0 atom stereocenters. The first-order chi connectivity index (χ1) is 10.2. The third kappa shape index (κ3) is 1.88. The summed E-state index contributed by atoms with van der Waals surface area (Å²) in [6, 6.07) is 7.81. The number of hydrogen-bond acceptors (Lipinski definition) is 4. The Balaban J connectivity index is 2.02. The molecule has 1 aliphatic rings. The first-order valence-electron chi connectivity index (χ1n) is 7.33. The molecule has 0 amide bonds. The number of rotatable bonds is 1. The largest absolute Gasteiger partial charge is 0.435 e. The molecule has 0 radical (unpaired) electrons. The number of aromatic amines is 1. The Morgan fingerprint density at radius 3 is 2.76 bits per heavy atom. The standard InChI is InChI=1S/C16H17N3O2/c17-13-9-11-10-5-4-6-12(19-7-2-1-3-8-19)14(10)18-16(20)15(11)21-13/h4-6,9H,1-3,7-8,17H2,(H,18,20). The summed E-state index contributed by atoms with van der Waals surface area (Å²) in [4.78, 5) is 17.5. The lowest BCUT2D eigenvalue weighted by Crippen LogP contribution is -2.29. The van der Waals surface area contributed by atoms with Gasteiger partial charge in [-0.1, -0.05) is 12.1 Å². The molecule has 1 fully saturated rings. The van der Waals surface area contributed by atoms with Crippen LogP contribution in [0.3, 0.4) is 0 Å². The van der Waals surface area contributed by atoms with E-state index in [1.807, 2.05) is 12.1 Å². The van der Waals surface area contributed by atoms with E-state index in [1.54, 1.807) is 6.07 Å². The Morgan fingerprint density at radius 1 is 1.14 bits per heavy atom. The Labute approximate surface area is 121 Å². The first kappa shape index (κ1) is 12.3. The molecule has 4 rings (SSSR count). The number of aromatic nitrogens is 1. The van der Waals surface area contributed by atoms with E-state index in [-0.39, 0.29) is 11.4 Å². The molecular weight excluding hydrogens is 266 g/mol. The van der Waals surface area contributed by atoms with Crippen molar-refractivity contribution in [2.45, 2.75) is 19.3 Å². The number of para-hydroxylation sites is 1. The van der Waals surface area contributed by atoms with E-state index < -0.39 is 0 Å². The first-order valence-corrected chi connectivity index (χ1v) is 7.33. The average Bonchev–Trinajstić information content (AvgIpc) is 2.90. The monoisotopic (exact) mass is 283 g/mol. The van der Waals surface area contributed by atoms with Gasteiger partial charge in [0.15, 0.2) is 5.88 Å². The van der Waals surface area contributed by atoms with Crippen LogP contribution in [0.15, 0.2) is 33.5 Å². The minimum Gasteiger partial charge on any atom is -0.435 e. The van der Waals surface area contributed by atoms with Crippen molar-refractivity contribution in [1.29, 1.82) is 0 Å². The van der Waals surface area contributed by atoms with Gasteiger partial charge in [0.05, 0.1) is 11.2 Å². The zero-order valence-electron chi connectivity index (χ0n) is 11.7. The molecule has 0 bridgehead atoms. The molecule has 3 aromatic rings. The molecule has 21 heavy (non-hydrogen) atoms. The maximum Gasteiger partial charge on any atom is 0.292 e. The van der Waals surface area contributed by atoms with Crippen LogP contribution in [0.5, 0.6) is 0 Å². The van der Waals surface area contributed by atoms with Gasteiger partial charge in [0.25, 0.3) is 5.56 Å². The maximum absolute atomic E-state index is 12.2. The fraction of sp³-hybridized carbons (Fsp3) is 0.312. The Hall–Kier alpha value is -2.43. The number of nitrogens with one attached hydrogen (secondary N) is 1. The number of nitrogens with two attached hydrogens (primary N) is 1. The number of H-pyrrole nitrogens is 1. The van der Waals surface area contributed by atoms with Crippen LogP contribution in [0, 0.1) is 0 Å². The molecule has 0 saturated carbocycles. The molecule has 108 valence electrons. The SMILES string of the molecule is Nc1cc2c(o1)c(=O)[nH]c1c(N3CCCCC3)cccc12. The predicted molar refractivity (Wildman–Crippen MR) is 84.8 cm³/mol. The molecule has 5 nitrogen and oxygen atoms in total. The molecule has 1 aromatic carbocycles. The van der Waals surface area contributed by atoms with Crippen molar-refractivity contribution in [3.05, 3.63) is 34.6 Å². The van der Waals surface area contributed by atoms with Gasteiger partial charge in [0.2, 0.25) is 5.58 Å². The second-order valence-electron chi connectivity index (χ2n) is 5.59. The number of fused-ring (bicyclic) bond motifs is 3. The molecule has 3 N–H and O–H groups in total. The molecular formula is C16H17N3O2. The third-order valence-electron chi connectivity index (χ3n) is 4.23. The van der Waals surface area contributed by atoms with Gasteiger partial charge < -0.3 is 20.0 Å². The van der Waals surface area contributed by atoms with E-state index in [0.717, 1.165) is 35.1 Å². The summed E-state index contributed by atoms with van der Waals surface area (Å²) in [7, 11) is 0. The Morgan fingerprint density at radius 2 is 1.95 bits per heavy atom. The topological polar surface area (TPSA) is 75.3 Å². The van der Waals surface area contributed by atoms with Crippen LogP contribution in [-0.2, 0) is 0 Å². The smallest absolute Gasteiger partial charge is 0.292 e. The van der Waals surface area contributed by atoms with Crippen LogP contribution in [-0.4, -0.2) is 18.1 Å². The van der Waals surface area contributed by atoms with Crippen molar-refractivity contribution < 1.29 is 4.42 Å². The normalized spacial score (nSPS) is 15.9. The highest BCUT2D eigenvalue weighted by atomic mass is 16.4. The fourth-order valence-corrected chi connectivity index (χ4v) is 3.24. The van der Waals surface area contributed by atoms with Crippen LogP contribution in [0.25, 0.3) is 21.9 Å². The lowest BCUT2D eigenvalue weighted by Gasteiger charge is -2.29. The number of furan rings is 1. The van der Waals surface area contributed by atoms with Crippen LogP contribution < -0.4 is 16.2 Å². The number of piperidine rings is 1. The molecule has 1 saturated heterocycles. The van der Waals surface area contributed by atoms with E-state index >= 15 is 0 Å². The van der Waals surface area contributed by atoms with Crippen LogP contribution >= 0.6 is 0 Å². The lowest BCUT2D eigenvalue weighted by atomic mass is 10.1. The van der Waals surface area contributed by atoms with E-state index in [1.165, 1.54) is 19.3 Å². The van der Waals surface area contributed by atoms with E-state index in [0.29, 0.717) is 5.58 Å². The van der Waals surface area contributed by atoms with Gasteiger partial charge in [0.1, 0.15) is 0 Å². The lowest BCUT2D eigenvalue weighted by molar-refractivity contribution is 0.578. The van der Waals surface area contributed by atoms with E-state index in [2.05, 4.69) is 16.0 Å². The fourth-order valence-electron chi connectivity index (χ4n) is 3.24. The summed E-state index contributed by atoms with van der Waals surface area (Å²) in [5.41, 5.74) is 7.74. The van der Waals surface area contributed by atoms with Crippen LogP contribution in [0.2, 0.25) is 0 Å². The second-order valence-corrected chi connectivity index (χ2v) is 5.59. The summed E-state index contributed by atoms with van der Waals surface area (Å²) in [6.45, 7) is 2.07. The minimum atomic E-state index is -0.223. The number of benzene rings is 1. The van der Waals surface area contributed by atoms with Crippen LogP contribution in [0.4, 0.5) is 11.6 Å². The number of nitrogens with zero attached hydrogens (tertiary/aromatic N) is 1. The van der Waals surface area contributed by atoms with Gasteiger partial charge in [-0.05, 0) is 25.3 Å². The van der Waals surface area contributed by atoms with Gasteiger partial charge in [-0.2, -0.15) is 0 Å². The van der Waals surface area contributed by atoms with E-state index in [9.17, 15) is 4.79 Å². The molecule has 5 heteroatoms. The van der Waals surface area contributed by atoms with Crippen LogP contribution in [0.1, 0.15) is 19.3 Å². The second kappa shape index (κ2) is 4.55. The average molecular weight is 283 g/mol. The number of nitrogen functional groups attached to an aromatic ring is 1. The van der Waals surface area contributed by atoms with Gasteiger partial charge in [-0.3, -0.25) is 4.79 Å². The number of anilines is 2. The highest BCUT2D eigenvalue weighted by Crippen LogP contribution is 2.32. The third-order valence-corrected chi connectivity index (χ3v) is 4.23. The molecule has 0 spiro atoms. The summed E-state index contributed by atoms with van der Waals surface area (Å²) in [5.74, 6) is 0.270. The van der Waals surface area contributed by atoms with Gasteiger partial charge in [-0.25, -0.2) is 0 Å². The zero-order chi connectivity index (χ0) is 14.4. The summed E-state index contributed by atoms with van der Waals surface area (Å²) >= 11 is 0. The van der Waals surface area contributed by atoms with E-state index in [4.69, 9.17) is 10.2 Å². The number of pyridine rings is 1. The quantitative estimate of drug-likeness (QED) is 0.720. The minimum absolute atomic E-state index is 0.223. The van der Waals surface area contributed by atoms with Crippen molar-refractivity contribution in [2.24, 2.45) is 0 Å². The molecule has 0 aliphatic carbocycles. The molecule has 3 heterocycles. The van der Waals surface area contributed by atoms with Crippen molar-refractivity contribution in [3.63, 3.8) is 0 Å². The van der Waals surface area contributed by atoms with Crippen molar-refractivity contribution in [1.82, 2.24) is 4.98 Å². The van der Waals surface area contributed by atoms with Crippen molar-refractivity contribution >= 4 is 33.4 Å². The summed E-state index contributed by atoms with van der Waals surface area (Å²) in [6.07, 6.45) is 3.67. The van der Waals surface area contributed by atoms with Gasteiger partial charge >= 0.3 is 0 Å². The Bertz CT molecular complexity index is 872. The summed E-state index contributed by atoms with van der Waals surface area (Å²) in [5, 5.41) is 1.76. The molecule has 1 aliphatic heterocycles. The Kier molecular flexibility index (Phi) is 2.67. The summed E-state index contributed by atoms with van der Waals surface area (Å²) < 4.78 is 5.31. The highest BCUT2D eigenvalue weighted by molar-refractivity contribution is 6.08. The number of hydrogen-bond donors (Lipinski definition) is 2. The zero-order valence-corrected chi connectivity index (χ0v) is 11.7. The molecule has 2 aromatic heterocycles. The van der Waals surface area contributed by atoms with Crippen molar-refractivity contribution in [3.8, 4) is 0 Å². The maximum atomic E-state index is 12.2. The van der Waals surface area contributed by atoms with Gasteiger partial charge in [0, 0.05) is 29.9 Å². The predicted octanol–water partition coefficient (Wildman–Crippen LogP) is 2.85.